The average molecular weight is 472 g/mol. The van der Waals surface area contributed by atoms with Gasteiger partial charge in [-0.25, -0.2) is 13.9 Å². The maximum atomic E-state index is 14.1. The summed E-state index contributed by atoms with van der Waals surface area (Å²) in [6, 6.07) is 7.41. The second kappa shape index (κ2) is 8.24. The van der Waals surface area contributed by atoms with Crippen molar-refractivity contribution in [1.29, 1.82) is 0 Å². The Bertz CT molecular complexity index is 1400. The molecule has 3 aromatic heterocycles. The fourth-order valence-corrected chi connectivity index (χ4v) is 6.35. The number of hydrogen-bond donors (Lipinski definition) is 1. The van der Waals surface area contributed by atoms with Gasteiger partial charge in [0.15, 0.2) is 5.65 Å². The van der Waals surface area contributed by atoms with Gasteiger partial charge in [-0.05, 0) is 55.9 Å². The van der Waals surface area contributed by atoms with Crippen LogP contribution in [-0.4, -0.2) is 68.8 Å². The molecule has 35 heavy (non-hydrogen) atoms. The van der Waals surface area contributed by atoms with Crippen LogP contribution in [0.4, 0.5) is 10.1 Å². The van der Waals surface area contributed by atoms with Gasteiger partial charge in [-0.2, -0.15) is 5.10 Å². The van der Waals surface area contributed by atoms with Gasteiger partial charge in [-0.3, -0.25) is 9.88 Å². The minimum atomic E-state index is -0.238. The highest BCUT2D eigenvalue weighted by Crippen LogP contribution is 2.32. The Balaban J connectivity index is 1.12. The number of nitrogens with one attached hydrogen (secondary N) is 1. The molecule has 0 aliphatic carbocycles. The van der Waals surface area contributed by atoms with E-state index in [0.717, 1.165) is 40.9 Å². The Morgan fingerprint density at radius 3 is 2.57 bits per heavy atom. The summed E-state index contributed by atoms with van der Waals surface area (Å²) >= 11 is 0. The number of piperidine rings is 1. The van der Waals surface area contributed by atoms with E-state index in [9.17, 15) is 4.39 Å². The maximum Gasteiger partial charge on any atom is 0.162 e. The number of anilines is 1. The summed E-state index contributed by atoms with van der Waals surface area (Å²) in [5.74, 6) is -0.238. The van der Waals surface area contributed by atoms with E-state index in [2.05, 4.69) is 31.4 Å². The van der Waals surface area contributed by atoms with Gasteiger partial charge in [0, 0.05) is 67.5 Å². The predicted molar refractivity (Wildman–Crippen MR) is 135 cm³/mol. The number of benzene rings is 1. The molecule has 3 fully saturated rings. The van der Waals surface area contributed by atoms with Gasteiger partial charge in [0.25, 0.3) is 0 Å². The van der Waals surface area contributed by atoms with Crippen molar-refractivity contribution in [3.05, 3.63) is 54.4 Å². The van der Waals surface area contributed by atoms with Gasteiger partial charge in [0.05, 0.1) is 29.8 Å². The van der Waals surface area contributed by atoms with Gasteiger partial charge < -0.3 is 10.2 Å². The van der Waals surface area contributed by atoms with E-state index >= 15 is 0 Å². The van der Waals surface area contributed by atoms with Crippen LogP contribution >= 0.6 is 0 Å². The van der Waals surface area contributed by atoms with E-state index in [-0.39, 0.29) is 5.82 Å². The van der Waals surface area contributed by atoms with Crippen molar-refractivity contribution in [2.45, 2.75) is 50.7 Å². The van der Waals surface area contributed by atoms with Gasteiger partial charge in [0.2, 0.25) is 0 Å². The Kier molecular flexibility index (Phi) is 4.99. The summed E-state index contributed by atoms with van der Waals surface area (Å²) in [5, 5.41) is 9.29. The largest absolute Gasteiger partial charge is 0.369 e. The molecule has 7 nitrogen and oxygen atoms in total. The molecule has 0 spiro atoms. The molecule has 2 bridgehead atoms. The molecule has 3 aliphatic heterocycles. The van der Waals surface area contributed by atoms with Crippen molar-refractivity contribution in [3.63, 3.8) is 0 Å². The molecule has 3 saturated heterocycles. The number of rotatable bonds is 3. The lowest BCUT2D eigenvalue weighted by atomic mass is 10.0. The van der Waals surface area contributed by atoms with Crippen LogP contribution in [0.2, 0.25) is 0 Å². The molecule has 1 aromatic carbocycles. The van der Waals surface area contributed by atoms with Crippen molar-refractivity contribution in [3.8, 4) is 11.1 Å². The van der Waals surface area contributed by atoms with E-state index in [1.54, 1.807) is 13.1 Å². The Hall–Kier alpha value is -3.10. The molecule has 0 saturated carbocycles. The monoisotopic (exact) mass is 471 g/mol. The summed E-state index contributed by atoms with van der Waals surface area (Å²) in [4.78, 5) is 14.4. The summed E-state index contributed by atoms with van der Waals surface area (Å²) < 4.78 is 16.0. The number of nitrogens with zero attached hydrogens (tertiary/aromatic N) is 6. The van der Waals surface area contributed by atoms with Crippen molar-refractivity contribution >= 4 is 22.2 Å². The molecule has 0 amide bonds. The first-order chi connectivity index (χ1) is 17.1. The first-order valence-electron chi connectivity index (χ1n) is 12.8. The molecule has 2 unspecified atom stereocenters. The molecule has 180 valence electrons. The van der Waals surface area contributed by atoms with Crippen LogP contribution in [0.25, 0.3) is 27.7 Å². The fraction of sp³-hybridized carbons (Fsp3) is 0.444. The Morgan fingerprint density at radius 2 is 1.77 bits per heavy atom. The number of hydrogen-bond acceptors (Lipinski definition) is 6. The molecule has 0 radical (unpaired) electrons. The number of fused-ring (bicyclic) bond motifs is 4. The lowest BCUT2D eigenvalue weighted by molar-refractivity contribution is 0.121. The highest BCUT2D eigenvalue weighted by Gasteiger charge is 2.36. The molecule has 3 aliphatic rings. The van der Waals surface area contributed by atoms with Crippen molar-refractivity contribution < 1.29 is 4.39 Å². The van der Waals surface area contributed by atoms with Gasteiger partial charge in [-0.1, -0.05) is 0 Å². The lowest BCUT2D eigenvalue weighted by Crippen LogP contribution is -2.56. The number of piperazine rings is 1. The van der Waals surface area contributed by atoms with E-state index in [4.69, 9.17) is 4.98 Å². The lowest BCUT2D eigenvalue weighted by Gasteiger charge is -2.43. The average Bonchev–Trinajstić information content (AvgIpc) is 3.46. The van der Waals surface area contributed by atoms with Crippen LogP contribution in [-0.2, 0) is 0 Å². The zero-order valence-corrected chi connectivity index (χ0v) is 20.0. The topological polar surface area (TPSA) is 61.6 Å². The third kappa shape index (κ3) is 3.67. The number of likely N-dealkylation sites (tertiary alicyclic amines) is 1. The van der Waals surface area contributed by atoms with E-state index < -0.39 is 0 Å². The zero-order chi connectivity index (χ0) is 23.5. The van der Waals surface area contributed by atoms with Crippen LogP contribution in [0.3, 0.4) is 0 Å². The van der Waals surface area contributed by atoms with Crippen LogP contribution < -0.4 is 10.2 Å². The second-order valence-corrected chi connectivity index (χ2v) is 10.4. The normalized spacial score (nSPS) is 23.5. The quantitative estimate of drug-likeness (QED) is 0.491. The maximum absolute atomic E-state index is 14.1. The first kappa shape index (κ1) is 21.2. The molecule has 8 heteroatoms. The first-order valence-corrected chi connectivity index (χ1v) is 12.8. The standard InChI is InChI=1S/C27H30FN7/c1-17-10-23-22(4-7-29-26(23)11-25(17)28)24-13-31-35-16-21(12-30-27(24)35)33-8-5-20(6-9-33)34-14-18-2-3-19(15-34)32-18/h4,7,10-13,16,18-20,32H,2-3,5-6,8-9,14-15H2,1H3. The minimum absolute atomic E-state index is 0.238. The highest BCUT2D eigenvalue weighted by atomic mass is 19.1. The van der Waals surface area contributed by atoms with Crippen LogP contribution in [0.15, 0.2) is 43.0 Å². The fourth-order valence-electron chi connectivity index (χ4n) is 6.35. The third-order valence-electron chi connectivity index (χ3n) is 8.25. The van der Waals surface area contributed by atoms with E-state index in [0.29, 0.717) is 29.2 Å². The smallest absolute Gasteiger partial charge is 0.162 e. The summed E-state index contributed by atoms with van der Waals surface area (Å²) in [5.41, 5.74) is 5.07. The van der Waals surface area contributed by atoms with Crippen LogP contribution in [0, 0.1) is 12.7 Å². The van der Waals surface area contributed by atoms with Gasteiger partial charge in [0.1, 0.15) is 5.82 Å². The zero-order valence-electron chi connectivity index (χ0n) is 20.0. The summed E-state index contributed by atoms with van der Waals surface area (Å²) in [6.07, 6.45) is 12.7. The van der Waals surface area contributed by atoms with Crippen molar-refractivity contribution in [2.75, 3.05) is 31.1 Å². The van der Waals surface area contributed by atoms with E-state index in [1.165, 1.54) is 44.8 Å². The summed E-state index contributed by atoms with van der Waals surface area (Å²) in [6.45, 7) is 6.29. The van der Waals surface area contributed by atoms with Crippen LogP contribution in [0.1, 0.15) is 31.2 Å². The number of aryl methyl sites for hydroxylation is 1. The molecule has 6 heterocycles. The molecule has 2 atom stereocenters. The third-order valence-corrected chi connectivity index (χ3v) is 8.25. The number of halogens is 1. The Labute approximate surface area is 204 Å². The molecule has 1 N–H and O–H groups in total. The van der Waals surface area contributed by atoms with E-state index in [1.807, 2.05) is 29.0 Å². The highest BCUT2D eigenvalue weighted by molar-refractivity contribution is 5.98. The van der Waals surface area contributed by atoms with Gasteiger partial charge >= 0.3 is 0 Å². The van der Waals surface area contributed by atoms with Gasteiger partial charge in [-0.15, -0.1) is 0 Å². The molecular formula is C27H30FN7. The molecular weight excluding hydrogens is 441 g/mol. The second-order valence-electron chi connectivity index (χ2n) is 10.4. The van der Waals surface area contributed by atoms with Crippen molar-refractivity contribution in [2.24, 2.45) is 0 Å². The Morgan fingerprint density at radius 1 is 0.971 bits per heavy atom. The van der Waals surface area contributed by atoms with Crippen molar-refractivity contribution in [1.82, 2.24) is 29.8 Å². The molecule has 7 rings (SSSR count). The number of pyridine rings is 1. The number of aromatic nitrogens is 4. The SMILES string of the molecule is Cc1cc2c(-c3cnn4cc(N5CCC(N6CC7CCC(C6)N7)CC5)cnc34)ccnc2cc1F. The minimum Gasteiger partial charge on any atom is -0.369 e. The molecule has 4 aromatic rings. The van der Waals surface area contributed by atoms with Crippen LogP contribution in [0.5, 0.6) is 0 Å². The predicted octanol–water partition coefficient (Wildman–Crippen LogP) is 3.80. The summed E-state index contributed by atoms with van der Waals surface area (Å²) in [7, 11) is 0.